The highest BCUT2D eigenvalue weighted by atomic mass is 32.2. The van der Waals surface area contributed by atoms with E-state index in [1.54, 1.807) is 6.07 Å². The molecule has 0 bridgehead atoms. The van der Waals surface area contributed by atoms with Gasteiger partial charge in [0.2, 0.25) is 0 Å². The number of anilines is 1. The highest BCUT2D eigenvalue weighted by Crippen LogP contribution is 2.34. The zero-order valence-electron chi connectivity index (χ0n) is 10.6. The quantitative estimate of drug-likeness (QED) is 0.671. The number of rotatable bonds is 3. The summed E-state index contributed by atoms with van der Waals surface area (Å²) in [5.74, 6) is -0.362. The minimum atomic E-state index is -0.362. The SMILES string of the molecule is COC(=O)c1cc(SC2CCCCC2)ccc1N. The number of hydrogen-bond acceptors (Lipinski definition) is 4. The molecule has 1 aromatic carbocycles. The number of ether oxygens (including phenoxy) is 1. The number of carbonyl (C=O) groups is 1. The zero-order chi connectivity index (χ0) is 13.0. The molecule has 1 aliphatic rings. The lowest BCUT2D eigenvalue weighted by Gasteiger charge is -2.21. The maximum atomic E-state index is 11.6. The fourth-order valence-electron chi connectivity index (χ4n) is 2.27. The molecule has 1 fully saturated rings. The van der Waals surface area contributed by atoms with Gasteiger partial charge >= 0.3 is 5.97 Å². The zero-order valence-corrected chi connectivity index (χ0v) is 11.5. The second kappa shape index (κ2) is 6.14. The van der Waals surface area contributed by atoms with E-state index in [-0.39, 0.29) is 5.97 Å². The van der Waals surface area contributed by atoms with E-state index in [9.17, 15) is 4.79 Å². The summed E-state index contributed by atoms with van der Waals surface area (Å²) in [7, 11) is 1.38. The third kappa shape index (κ3) is 3.19. The molecule has 4 heteroatoms. The van der Waals surface area contributed by atoms with Gasteiger partial charge in [-0.25, -0.2) is 4.79 Å². The third-order valence-corrected chi connectivity index (χ3v) is 4.62. The molecule has 0 unspecified atom stereocenters. The maximum absolute atomic E-state index is 11.6. The van der Waals surface area contributed by atoms with E-state index in [0.29, 0.717) is 16.5 Å². The summed E-state index contributed by atoms with van der Waals surface area (Å²) in [6, 6.07) is 5.62. The van der Waals surface area contributed by atoms with Crippen molar-refractivity contribution in [3.63, 3.8) is 0 Å². The number of benzene rings is 1. The van der Waals surface area contributed by atoms with Crippen molar-refractivity contribution in [2.24, 2.45) is 0 Å². The third-order valence-electron chi connectivity index (χ3n) is 3.29. The van der Waals surface area contributed by atoms with Crippen LogP contribution >= 0.6 is 11.8 Å². The summed E-state index contributed by atoms with van der Waals surface area (Å²) >= 11 is 1.85. The molecular formula is C14H19NO2S. The lowest BCUT2D eigenvalue weighted by atomic mass is 10.0. The molecule has 2 rings (SSSR count). The number of methoxy groups -OCH3 is 1. The van der Waals surface area contributed by atoms with Crippen molar-refractivity contribution in [3.05, 3.63) is 23.8 Å². The first kappa shape index (κ1) is 13.3. The van der Waals surface area contributed by atoms with Crippen LogP contribution in [0.4, 0.5) is 5.69 Å². The van der Waals surface area contributed by atoms with E-state index in [1.807, 2.05) is 23.9 Å². The van der Waals surface area contributed by atoms with Crippen molar-refractivity contribution in [2.45, 2.75) is 42.2 Å². The standard InChI is InChI=1S/C14H19NO2S/c1-17-14(16)12-9-11(7-8-13(12)15)18-10-5-3-2-4-6-10/h7-10H,2-6,15H2,1H3. The van der Waals surface area contributed by atoms with Crippen LogP contribution in [0, 0.1) is 0 Å². The van der Waals surface area contributed by atoms with Crippen LogP contribution in [0.2, 0.25) is 0 Å². The average molecular weight is 265 g/mol. The molecule has 3 nitrogen and oxygen atoms in total. The summed E-state index contributed by atoms with van der Waals surface area (Å²) in [4.78, 5) is 12.7. The Morgan fingerprint density at radius 3 is 2.72 bits per heavy atom. The van der Waals surface area contributed by atoms with Crippen molar-refractivity contribution >= 4 is 23.4 Å². The average Bonchev–Trinajstić information content (AvgIpc) is 2.41. The van der Waals surface area contributed by atoms with Crippen molar-refractivity contribution in [1.29, 1.82) is 0 Å². The minimum absolute atomic E-state index is 0.362. The summed E-state index contributed by atoms with van der Waals surface area (Å²) in [6.45, 7) is 0. The molecule has 0 atom stereocenters. The second-order valence-electron chi connectivity index (χ2n) is 4.62. The number of nitrogen functional groups attached to an aromatic ring is 1. The van der Waals surface area contributed by atoms with Crippen LogP contribution in [-0.2, 0) is 4.74 Å². The molecule has 1 saturated carbocycles. The predicted octanol–water partition coefficient (Wildman–Crippen LogP) is 3.48. The van der Waals surface area contributed by atoms with Crippen LogP contribution in [0.1, 0.15) is 42.5 Å². The lowest BCUT2D eigenvalue weighted by Crippen LogP contribution is -2.09. The Balaban J connectivity index is 2.11. The van der Waals surface area contributed by atoms with Gasteiger partial charge in [0.05, 0.1) is 12.7 Å². The Kier molecular flexibility index (Phi) is 4.53. The first-order chi connectivity index (χ1) is 8.70. The highest BCUT2D eigenvalue weighted by molar-refractivity contribution is 8.00. The van der Waals surface area contributed by atoms with E-state index >= 15 is 0 Å². The second-order valence-corrected chi connectivity index (χ2v) is 5.99. The largest absolute Gasteiger partial charge is 0.465 e. The van der Waals surface area contributed by atoms with E-state index in [2.05, 4.69) is 0 Å². The molecule has 0 aromatic heterocycles. The molecule has 0 radical (unpaired) electrons. The molecule has 0 heterocycles. The minimum Gasteiger partial charge on any atom is -0.465 e. The summed E-state index contributed by atoms with van der Waals surface area (Å²) < 4.78 is 4.73. The number of esters is 1. The number of thioether (sulfide) groups is 1. The highest BCUT2D eigenvalue weighted by Gasteiger charge is 2.16. The Labute approximate surface area is 112 Å². The molecular weight excluding hydrogens is 246 g/mol. The maximum Gasteiger partial charge on any atom is 0.339 e. The van der Waals surface area contributed by atoms with Crippen LogP contribution in [0.5, 0.6) is 0 Å². The summed E-state index contributed by atoms with van der Waals surface area (Å²) in [5, 5.41) is 0.674. The number of nitrogens with two attached hydrogens (primary N) is 1. The van der Waals surface area contributed by atoms with Gasteiger partial charge in [0.15, 0.2) is 0 Å². The molecule has 1 aromatic rings. The summed E-state index contributed by atoms with van der Waals surface area (Å²) in [6.07, 6.45) is 6.52. The van der Waals surface area contributed by atoms with Crippen LogP contribution in [0.3, 0.4) is 0 Å². The molecule has 0 saturated heterocycles. The predicted molar refractivity (Wildman–Crippen MR) is 74.9 cm³/mol. The number of carbonyl (C=O) groups excluding carboxylic acids is 1. The molecule has 0 spiro atoms. The Hall–Kier alpha value is -1.16. The molecule has 98 valence electrons. The van der Waals surface area contributed by atoms with E-state index in [4.69, 9.17) is 10.5 Å². The van der Waals surface area contributed by atoms with Crippen LogP contribution in [0.25, 0.3) is 0 Å². The molecule has 1 aliphatic carbocycles. The first-order valence-electron chi connectivity index (χ1n) is 6.35. The Morgan fingerprint density at radius 1 is 1.33 bits per heavy atom. The summed E-state index contributed by atoms with van der Waals surface area (Å²) in [5.41, 5.74) is 6.74. The van der Waals surface area contributed by atoms with Crippen LogP contribution in [-0.4, -0.2) is 18.3 Å². The molecule has 18 heavy (non-hydrogen) atoms. The normalized spacial score (nSPS) is 16.5. The van der Waals surface area contributed by atoms with Gasteiger partial charge in [-0.15, -0.1) is 11.8 Å². The Bertz CT molecular complexity index is 428. The van der Waals surface area contributed by atoms with Gasteiger partial charge in [-0.1, -0.05) is 19.3 Å². The van der Waals surface area contributed by atoms with E-state index in [0.717, 1.165) is 4.90 Å². The van der Waals surface area contributed by atoms with Gasteiger partial charge in [0.25, 0.3) is 0 Å². The van der Waals surface area contributed by atoms with Crippen molar-refractivity contribution < 1.29 is 9.53 Å². The monoisotopic (exact) mass is 265 g/mol. The molecule has 2 N–H and O–H groups in total. The first-order valence-corrected chi connectivity index (χ1v) is 7.23. The van der Waals surface area contributed by atoms with Crippen LogP contribution in [0.15, 0.2) is 23.1 Å². The van der Waals surface area contributed by atoms with Crippen molar-refractivity contribution in [1.82, 2.24) is 0 Å². The molecule has 0 amide bonds. The van der Waals surface area contributed by atoms with Gasteiger partial charge in [-0.2, -0.15) is 0 Å². The van der Waals surface area contributed by atoms with E-state index < -0.39 is 0 Å². The van der Waals surface area contributed by atoms with Gasteiger partial charge in [0.1, 0.15) is 0 Å². The van der Waals surface area contributed by atoms with Gasteiger partial charge in [-0.3, -0.25) is 0 Å². The smallest absolute Gasteiger partial charge is 0.339 e. The fraction of sp³-hybridized carbons (Fsp3) is 0.500. The van der Waals surface area contributed by atoms with Crippen molar-refractivity contribution in [2.75, 3.05) is 12.8 Å². The van der Waals surface area contributed by atoms with Gasteiger partial charge in [0, 0.05) is 15.8 Å². The van der Waals surface area contributed by atoms with Crippen LogP contribution < -0.4 is 5.73 Å². The topological polar surface area (TPSA) is 52.3 Å². The lowest BCUT2D eigenvalue weighted by molar-refractivity contribution is 0.0601. The van der Waals surface area contributed by atoms with E-state index in [1.165, 1.54) is 39.2 Å². The number of hydrogen-bond donors (Lipinski definition) is 1. The van der Waals surface area contributed by atoms with Gasteiger partial charge < -0.3 is 10.5 Å². The fourth-order valence-corrected chi connectivity index (χ4v) is 3.56. The van der Waals surface area contributed by atoms with Crippen molar-refractivity contribution in [3.8, 4) is 0 Å². The molecule has 0 aliphatic heterocycles. The van der Waals surface area contributed by atoms with Gasteiger partial charge in [-0.05, 0) is 31.0 Å². The Morgan fingerprint density at radius 2 is 2.06 bits per heavy atom.